The fourth-order valence-electron chi connectivity index (χ4n) is 2.43. The van der Waals surface area contributed by atoms with Crippen molar-refractivity contribution in [2.45, 2.75) is 32.4 Å². The number of carbonyl (C=O) groups is 1. The Kier molecular flexibility index (Phi) is 6.78. The molecule has 0 aliphatic carbocycles. The van der Waals surface area contributed by atoms with Crippen LogP contribution in [0.1, 0.15) is 31.9 Å². The Bertz CT molecular complexity index is 445. The van der Waals surface area contributed by atoms with Crippen molar-refractivity contribution >= 4 is 5.91 Å². The van der Waals surface area contributed by atoms with Gasteiger partial charge in [0, 0.05) is 20.1 Å². The van der Waals surface area contributed by atoms with Gasteiger partial charge in [0.25, 0.3) is 0 Å². The second kappa shape index (κ2) is 8.10. The van der Waals surface area contributed by atoms with E-state index in [2.05, 4.69) is 11.8 Å². The molecule has 0 saturated heterocycles. The monoisotopic (exact) mass is 295 g/mol. The molecule has 1 aromatic rings. The maximum Gasteiger partial charge on any atom is 0.236 e. The number of hydrogen-bond acceptors (Lipinski definition) is 3. The van der Waals surface area contributed by atoms with Crippen LogP contribution in [0.2, 0.25) is 0 Å². The molecule has 5 heteroatoms. The highest BCUT2D eigenvalue weighted by atomic mass is 19.1. The minimum atomic E-state index is -0.270. The lowest BCUT2D eigenvalue weighted by Crippen LogP contribution is -2.44. The van der Waals surface area contributed by atoms with Crippen molar-refractivity contribution in [3.8, 4) is 0 Å². The van der Waals surface area contributed by atoms with E-state index in [0.29, 0.717) is 6.54 Å². The van der Waals surface area contributed by atoms with Gasteiger partial charge in [-0.3, -0.25) is 9.69 Å². The summed E-state index contributed by atoms with van der Waals surface area (Å²) in [5.41, 5.74) is 7.07. The first kappa shape index (κ1) is 17.6. The highest BCUT2D eigenvalue weighted by molar-refractivity contribution is 5.77. The maximum absolute atomic E-state index is 13.1. The number of amides is 1. The lowest BCUT2D eigenvalue weighted by Gasteiger charge is -2.34. The predicted molar refractivity (Wildman–Crippen MR) is 83.3 cm³/mol. The molecule has 0 bridgehead atoms. The van der Waals surface area contributed by atoms with Crippen molar-refractivity contribution in [2.24, 2.45) is 5.73 Å². The third kappa shape index (κ3) is 5.10. The van der Waals surface area contributed by atoms with Crippen LogP contribution in [0.3, 0.4) is 0 Å². The van der Waals surface area contributed by atoms with E-state index in [0.717, 1.165) is 18.5 Å². The van der Waals surface area contributed by atoms with E-state index in [1.165, 1.54) is 12.1 Å². The number of benzene rings is 1. The van der Waals surface area contributed by atoms with E-state index < -0.39 is 0 Å². The van der Waals surface area contributed by atoms with Gasteiger partial charge in [-0.1, -0.05) is 19.1 Å². The van der Waals surface area contributed by atoms with Gasteiger partial charge in [-0.2, -0.15) is 0 Å². The van der Waals surface area contributed by atoms with Crippen LogP contribution in [0.4, 0.5) is 4.39 Å². The number of likely N-dealkylation sites (N-methyl/N-ethyl adjacent to an activating group) is 1. The summed E-state index contributed by atoms with van der Waals surface area (Å²) in [5.74, 6) is -0.232. The Morgan fingerprint density at radius 2 is 1.86 bits per heavy atom. The van der Waals surface area contributed by atoms with Crippen LogP contribution >= 0.6 is 0 Å². The van der Waals surface area contributed by atoms with Crippen molar-refractivity contribution in [3.63, 3.8) is 0 Å². The second-order valence-electron chi connectivity index (χ2n) is 5.61. The van der Waals surface area contributed by atoms with Gasteiger partial charge >= 0.3 is 0 Å². The highest BCUT2D eigenvalue weighted by Crippen LogP contribution is 2.24. The Labute approximate surface area is 126 Å². The lowest BCUT2D eigenvalue weighted by atomic mass is 9.98. The van der Waals surface area contributed by atoms with Crippen molar-refractivity contribution in [3.05, 3.63) is 35.6 Å². The van der Waals surface area contributed by atoms with Crippen LogP contribution in [0.5, 0.6) is 0 Å². The molecule has 2 unspecified atom stereocenters. The van der Waals surface area contributed by atoms with E-state index >= 15 is 0 Å². The van der Waals surface area contributed by atoms with Crippen molar-refractivity contribution < 1.29 is 9.18 Å². The summed E-state index contributed by atoms with van der Waals surface area (Å²) in [6, 6.07) is 6.09. The fraction of sp³-hybridized carbons (Fsp3) is 0.562. The van der Waals surface area contributed by atoms with Crippen molar-refractivity contribution in [1.29, 1.82) is 0 Å². The number of nitrogens with zero attached hydrogens (tertiary/aromatic N) is 2. The Balaban J connectivity index is 3.02. The molecule has 21 heavy (non-hydrogen) atoms. The molecule has 0 aliphatic rings. The van der Waals surface area contributed by atoms with E-state index in [1.54, 1.807) is 31.1 Å². The molecule has 0 radical (unpaired) electrons. The number of carbonyl (C=O) groups excluding carboxylic acids is 1. The summed E-state index contributed by atoms with van der Waals surface area (Å²) in [7, 11) is 3.48. The number of hydrogen-bond donors (Lipinski definition) is 1. The van der Waals surface area contributed by atoms with Gasteiger partial charge in [0.05, 0.1) is 12.6 Å². The minimum Gasteiger partial charge on any atom is -0.348 e. The third-order valence-electron chi connectivity index (χ3n) is 3.45. The van der Waals surface area contributed by atoms with Crippen LogP contribution in [-0.4, -0.2) is 48.9 Å². The molecule has 0 saturated carbocycles. The molecule has 4 nitrogen and oxygen atoms in total. The zero-order valence-corrected chi connectivity index (χ0v) is 13.3. The largest absolute Gasteiger partial charge is 0.348 e. The normalized spacial score (nSPS) is 14.0. The van der Waals surface area contributed by atoms with Crippen LogP contribution < -0.4 is 5.73 Å². The summed E-state index contributed by atoms with van der Waals surface area (Å²) in [5, 5.41) is 0. The Hall–Kier alpha value is -1.46. The van der Waals surface area contributed by atoms with E-state index in [-0.39, 0.29) is 23.8 Å². The van der Waals surface area contributed by atoms with Gasteiger partial charge in [0.1, 0.15) is 5.82 Å². The molecule has 0 spiro atoms. The summed E-state index contributed by atoms with van der Waals surface area (Å²) in [6.45, 7) is 5.06. The molecule has 0 aromatic heterocycles. The van der Waals surface area contributed by atoms with Gasteiger partial charge in [0.2, 0.25) is 5.91 Å². The maximum atomic E-state index is 13.1. The molecule has 1 amide bonds. The second-order valence-corrected chi connectivity index (χ2v) is 5.61. The van der Waals surface area contributed by atoms with Gasteiger partial charge in [-0.15, -0.1) is 0 Å². The quantitative estimate of drug-likeness (QED) is 0.837. The predicted octanol–water partition coefficient (Wildman–Crippen LogP) is 2.01. The number of nitrogens with two attached hydrogens (primary N) is 1. The summed E-state index contributed by atoms with van der Waals surface area (Å²) < 4.78 is 13.1. The Morgan fingerprint density at radius 3 is 2.29 bits per heavy atom. The molecule has 2 N–H and O–H groups in total. The molecule has 0 heterocycles. The molecule has 2 atom stereocenters. The summed E-state index contributed by atoms with van der Waals surface area (Å²) >= 11 is 0. The van der Waals surface area contributed by atoms with Crippen molar-refractivity contribution in [1.82, 2.24) is 9.80 Å². The summed E-state index contributed by atoms with van der Waals surface area (Å²) in [6.07, 6.45) is 0.922. The van der Waals surface area contributed by atoms with Crippen LogP contribution in [-0.2, 0) is 4.79 Å². The first-order valence-corrected chi connectivity index (χ1v) is 7.32. The standard InChI is InChI=1S/C16H26FN3O/c1-5-10-20(11-15(21)19(3)4)16(12(2)18)13-6-8-14(17)9-7-13/h6-9,12,16H,5,10-11,18H2,1-4H3. The summed E-state index contributed by atoms with van der Waals surface area (Å²) in [4.78, 5) is 15.7. The highest BCUT2D eigenvalue weighted by Gasteiger charge is 2.25. The van der Waals surface area contributed by atoms with E-state index in [9.17, 15) is 9.18 Å². The Morgan fingerprint density at radius 1 is 1.29 bits per heavy atom. The molecule has 1 aromatic carbocycles. The van der Waals surface area contributed by atoms with E-state index in [1.807, 2.05) is 6.92 Å². The average molecular weight is 295 g/mol. The van der Waals surface area contributed by atoms with Gasteiger partial charge in [-0.05, 0) is 37.6 Å². The topological polar surface area (TPSA) is 49.6 Å². The smallest absolute Gasteiger partial charge is 0.236 e. The zero-order valence-electron chi connectivity index (χ0n) is 13.3. The fourth-order valence-corrected chi connectivity index (χ4v) is 2.43. The molecule has 0 aliphatic heterocycles. The van der Waals surface area contributed by atoms with Gasteiger partial charge < -0.3 is 10.6 Å². The van der Waals surface area contributed by atoms with Gasteiger partial charge in [0.15, 0.2) is 0 Å². The molecule has 118 valence electrons. The first-order chi connectivity index (χ1) is 9.86. The molecular weight excluding hydrogens is 269 g/mol. The first-order valence-electron chi connectivity index (χ1n) is 7.32. The SMILES string of the molecule is CCCN(CC(=O)N(C)C)C(c1ccc(F)cc1)C(C)N. The van der Waals surface area contributed by atoms with Crippen molar-refractivity contribution in [2.75, 3.05) is 27.2 Å². The molecule has 1 rings (SSSR count). The number of rotatable bonds is 7. The van der Waals surface area contributed by atoms with Gasteiger partial charge in [-0.25, -0.2) is 4.39 Å². The average Bonchev–Trinajstić information content (AvgIpc) is 2.40. The lowest BCUT2D eigenvalue weighted by molar-refractivity contribution is -0.130. The van der Waals surface area contributed by atoms with Crippen LogP contribution in [0.15, 0.2) is 24.3 Å². The molecule has 0 fully saturated rings. The minimum absolute atomic E-state index is 0.0382. The molecular formula is C16H26FN3O. The van der Waals surface area contributed by atoms with Crippen LogP contribution in [0, 0.1) is 5.82 Å². The van der Waals surface area contributed by atoms with E-state index in [4.69, 9.17) is 5.73 Å². The number of halogens is 1. The zero-order chi connectivity index (χ0) is 16.0. The van der Waals surface area contributed by atoms with Crippen LogP contribution in [0.25, 0.3) is 0 Å². The third-order valence-corrected chi connectivity index (χ3v) is 3.45.